The van der Waals surface area contributed by atoms with Gasteiger partial charge in [-0.05, 0) is 44.4 Å². The second-order valence-corrected chi connectivity index (χ2v) is 7.40. The Morgan fingerprint density at radius 1 is 0.800 bits per heavy atom. The number of hydrogen-bond donors (Lipinski definition) is 0. The third-order valence-electron chi connectivity index (χ3n) is 4.18. The third-order valence-corrected chi connectivity index (χ3v) is 4.18. The fourth-order valence-corrected chi connectivity index (χ4v) is 2.67. The molecule has 0 aliphatic heterocycles. The van der Waals surface area contributed by atoms with Crippen molar-refractivity contribution in [3.05, 3.63) is 24.3 Å². The first kappa shape index (κ1) is 23.9. The summed E-state index contributed by atoms with van der Waals surface area (Å²) in [5.74, 6) is 0.348. The first-order valence-corrected chi connectivity index (χ1v) is 10.6. The number of unbranched alkanes of at least 4 members (excludes halogenated alkanes) is 9. The maximum Gasteiger partial charge on any atom is 0.306 e. The second-order valence-electron chi connectivity index (χ2n) is 7.40. The number of carbonyl (C=O) groups excluding carboxylic acids is 1. The molecule has 0 aromatic heterocycles. The van der Waals surface area contributed by atoms with Crippen molar-refractivity contribution in [2.45, 2.75) is 104 Å². The molecule has 0 fully saturated rings. The first-order valence-electron chi connectivity index (χ1n) is 10.6. The number of carbonyl (C=O) groups is 1. The van der Waals surface area contributed by atoms with Gasteiger partial charge in [0.2, 0.25) is 0 Å². The highest BCUT2D eigenvalue weighted by Crippen LogP contribution is 2.09. The molecule has 0 saturated carbocycles. The van der Waals surface area contributed by atoms with Crippen LogP contribution in [-0.2, 0) is 9.53 Å². The van der Waals surface area contributed by atoms with E-state index in [0.717, 1.165) is 12.8 Å². The minimum absolute atomic E-state index is 0.0439. The highest BCUT2D eigenvalue weighted by molar-refractivity contribution is 5.69. The van der Waals surface area contributed by atoms with Gasteiger partial charge >= 0.3 is 5.97 Å². The van der Waals surface area contributed by atoms with E-state index in [-0.39, 0.29) is 5.97 Å². The smallest absolute Gasteiger partial charge is 0.306 e. The summed E-state index contributed by atoms with van der Waals surface area (Å²) >= 11 is 0. The quantitative estimate of drug-likeness (QED) is 0.155. The number of esters is 1. The molecule has 0 radical (unpaired) electrons. The lowest BCUT2D eigenvalue weighted by atomic mass is 10.1. The predicted molar refractivity (Wildman–Crippen MR) is 110 cm³/mol. The molecular formula is C23H42O2. The van der Waals surface area contributed by atoms with Gasteiger partial charge in [0.05, 0.1) is 6.61 Å². The molecule has 146 valence electrons. The Morgan fingerprint density at radius 3 is 1.96 bits per heavy atom. The fourth-order valence-electron chi connectivity index (χ4n) is 2.67. The number of allylic oxidation sites excluding steroid dienone is 4. The number of rotatable bonds is 17. The minimum Gasteiger partial charge on any atom is -0.466 e. The van der Waals surface area contributed by atoms with E-state index >= 15 is 0 Å². The van der Waals surface area contributed by atoms with Crippen LogP contribution in [0, 0.1) is 5.92 Å². The monoisotopic (exact) mass is 350 g/mol. The van der Waals surface area contributed by atoms with Gasteiger partial charge in [-0.25, -0.2) is 0 Å². The third kappa shape index (κ3) is 20.9. The molecule has 0 aromatic rings. The summed E-state index contributed by atoms with van der Waals surface area (Å²) in [6, 6.07) is 0. The molecule has 0 spiro atoms. The van der Waals surface area contributed by atoms with Gasteiger partial charge in [-0.2, -0.15) is 0 Å². The Labute approximate surface area is 157 Å². The molecular weight excluding hydrogens is 308 g/mol. The van der Waals surface area contributed by atoms with Gasteiger partial charge in [0.1, 0.15) is 0 Å². The maximum absolute atomic E-state index is 11.4. The largest absolute Gasteiger partial charge is 0.466 e. The van der Waals surface area contributed by atoms with Crippen LogP contribution in [0.3, 0.4) is 0 Å². The van der Waals surface area contributed by atoms with E-state index in [4.69, 9.17) is 4.74 Å². The summed E-state index contributed by atoms with van der Waals surface area (Å²) < 4.78 is 5.22. The zero-order chi connectivity index (χ0) is 18.6. The van der Waals surface area contributed by atoms with E-state index < -0.39 is 0 Å². The molecule has 0 aliphatic rings. The highest BCUT2D eigenvalue weighted by Gasteiger charge is 2.05. The van der Waals surface area contributed by atoms with Gasteiger partial charge in [0.15, 0.2) is 0 Å². The van der Waals surface area contributed by atoms with Crippen LogP contribution in [0.2, 0.25) is 0 Å². The summed E-state index contributed by atoms with van der Waals surface area (Å²) in [5, 5.41) is 0. The van der Waals surface area contributed by atoms with Crippen LogP contribution >= 0.6 is 0 Å². The van der Waals surface area contributed by atoms with Crippen LogP contribution in [0.15, 0.2) is 24.3 Å². The van der Waals surface area contributed by atoms with E-state index in [1.165, 1.54) is 64.2 Å². The molecule has 0 rings (SSSR count). The van der Waals surface area contributed by atoms with Gasteiger partial charge in [-0.3, -0.25) is 4.79 Å². The van der Waals surface area contributed by atoms with Crippen molar-refractivity contribution in [1.29, 1.82) is 0 Å². The van der Waals surface area contributed by atoms with E-state index in [9.17, 15) is 4.79 Å². The normalized spacial score (nSPS) is 11.8. The molecule has 0 N–H and O–H groups in total. The molecule has 0 aliphatic carbocycles. The van der Waals surface area contributed by atoms with Crippen molar-refractivity contribution in [2.75, 3.05) is 6.61 Å². The molecule has 2 heteroatoms. The Bertz CT molecular complexity index is 342. The van der Waals surface area contributed by atoms with Crippen LogP contribution in [0.4, 0.5) is 0 Å². The summed E-state index contributed by atoms with van der Waals surface area (Å²) in [5.41, 5.74) is 0. The van der Waals surface area contributed by atoms with E-state index in [0.29, 0.717) is 18.9 Å². The van der Waals surface area contributed by atoms with Crippen molar-refractivity contribution in [1.82, 2.24) is 0 Å². The molecule has 25 heavy (non-hydrogen) atoms. The molecule has 0 aromatic carbocycles. The summed E-state index contributed by atoms with van der Waals surface area (Å²) in [7, 11) is 0. The average Bonchev–Trinajstić information content (AvgIpc) is 2.57. The summed E-state index contributed by atoms with van der Waals surface area (Å²) in [4.78, 5) is 11.4. The van der Waals surface area contributed by atoms with E-state index in [1.807, 2.05) is 13.8 Å². The zero-order valence-electron chi connectivity index (χ0n) is 17.1. The molecule has 0 saturated heterocycles. The second kappa shape index (κ2) is 19.3. The van der Waals surface area contributed by atoms with Gasteiger partial charge in [0, 0.05) is 6.42 Å². The molecule has 0 atom stereocenters. The SMILES string of the molecule is CCCCC/C=C\C/C=C\CCCCCCCCOC(=O)CC(C)C. The zero-order valence-corrected chi connectivity index (χ0v) is 17.1. The van der Waals surface area contributed by atoms with Crippen molar-refractivity contribution in [3.63, 3.8) is 0 Å². The van der Waals surface area contributed by atoms with Crippen molar-refractivity contribution in [2.24, 2.45) is 5.92 Å². The van der Waals surface area contributed by atoms with Crippen molar-refractivity contribution < 1.29 is 9.53 Å². The first-order chi connectivity index (χ1) is 12.2. The van der Waals surface area contributed by atoms with Gasteiger partial charge < -0.3 is 4.74 Å². The standard InChI is InChI=1S/C23H42O2/c1-4-5-6-7-8-9-10-11-12-13-14-15-16-17-18-19-20-25-23(24)21-22(2)3/h8-9,11-12,22H,4-7,10,13-21H2,1-3H3/b9-8-,12-11-. The van der Waals surface area contributed by atoms with Crippen molar-refractivity contribution >= 4 is 5.97 Å². The maximum atomic E-state index is 11.4. The van der Waals surface area contributed by atoms with Gasteiger partial charge in [0.25, 0.3) is 0 Å². The number of ether oxygens (including phenoxy) is 1. The molecule has 0 amide bonds. The Morgan fingerprint density at radius 2 is 1.36 bits per heavy atom. The van der Waals surface area contributed by atoms with Gasteiger partial charge in [-0.15, -0.1) is 0 Å². The Balaban J connectivity index is 3.23. The minimum atomic E-state index is -0.0439. The van der Waals surface area contributed by atoms with E-state index in [1.54, 1.807) is 0 Å². The Kier molecular flexibility index (Phi) is 18.5. The topological polar surface area (TPSA) is 26.3 Å². The Hall–Kier alpha value is -1.05. The van der Waals surface area contributed by atoms with Crippen LogP contribution in [0.5, 0.6) is 0 Å². The van der Waals surface area contributed by atoms with Crippen LogP contribution < -0.4 is 0 Å². The lowest BCUT2D eigenvalue weighted by Gasteiger charge is -2.06. The molecule has 2 nitrogen and oxygen atoms in total. The fraction of sp³-hybridized carbons (Fsp3) is 0.783. The lowest BCUT2D eigenvalue weighted by Crippen LogP contribution is -2.08. The van der Waals surface area contributed by atoms with Gasteiger partial charge in [-0.1, -0.05) is 83.6 Å². The lowest BCUT2D eigenvalue weighted by molar-refractivity contribution is -0.144. The molecule has 0 unspecified atom stereocenters. The highest BCUT2D eigenvalue weighted by atomic mass is 16.5. The molecule has 0 heterocycles. The predicted octanol–water partition coefficient (Wildman–Crippen LogP) is 7.39. The average molecular weight is 351 g/mol. The van der Waals surface area contributed by atoms with Crippen molar-refractivity contribution in [3.8, 4) is 0 Å². The van der Waals surface area contributed by atoms with E-state index in [2.05, 4.69) is 31.2 Å². The number of hydrogen-bond acceptors (Lipinski definition) is 2. The van der Waals surface area contributed by atoms with Crippen LogP contribution in [0.1, 0.15) is 104 Å². The van der Waals surface area contributed by atoms with Crippen LogP contribution in [-0.4, -0.2) is 12.6 Å². The molecule has 0 bridgehead atoms. The van der Waals surface area contributed by atoms with Crippen LogP contribution in [0.25, 0.3) is 0 Å². The summed E-state index contributed by atoms with van der Waals surface area (Å²) in [6.07, 6.45) is 24.6. The summed E-state index contributed by atoms with van der Waals surface area (Å²) in [6.45, 7) is 6.93.